The van der Waals surface area contributed by atoms with E-state index in [1.807, 2.05) is 0 Å². The van der Waals surface area contributed by atoms with Gasteiger partial charge < -0.3 is 25.3 Å². The van der Waals surface area contributed by atoms with E-state index in [9.17, 15) is 9.59 Å². The number of carbonyl (C=O) groups excluding carboxylic acids is 2. The second kappa shape index (κ2) is 8.25. The third-order valence-electron chi connectivity index (χ3n) is 3.23. The van der Waals surface area contributed by atoms with Gasteiger partial charge in [-0.1, -0.05) is 17.7 Å². The van der Waals surface area contributed by atoms with E-state index in [2.05, 4.69) is 5.32 Å². The quantitative estimate of drug-likeness (QED) is 0.604. The molecule has 0 atom stereocenters. The number of nitrogens with one attached hydrogen (secondary N) is 1. The Morgan fingerprint density at radius 2 is 1.92 bits per heavy atom. The molecule has 0 saturated carbocycles. The Balaban J connectivity index is 1.99. The minimum Gasteiger partial charge on any atom is -0.497 e. The van der Waals surface area contributed by atoms with Gasteiger partial charge in [-0.2, -0.15) is 0 Å². The van der Waals surface area contributed by atoms with E-state index in [1.165, 1.54) is 26.4 Å². The lowest BCUT2D eigenvalue weighted by Crippen LogP contribution is -2.21. The van der Waals surface area contributed by atoms with Crippen molar-refractivity contribution in [1.82, 2.24) is 0 Å². The minimum atomic E-state index is -0.750. The Morgan fingerprint density at radius 1 is 1.16 bits per heavy atom. The van der Waals surface area contributed by atoms with Crippen LogP contribution in [0.25, 0.3) is 0 Å². The zero-order chi connectivity index (χ0) is 18.4. The lowest BCUT2D eigenvalue weighted by atomic mass is 10.2. The molecule has 2 aromatic rings. The largest absolute Gasteiger partial charge is 0.497 e. The molecule has 3 N–H and O–H groups in total. The van der Waals surface area contributed by atoms with Crippen LogP contribution in [0.4, 0.5) is 11.4 Å². The molecule has 0 heterocycles. The fraction of sp³-hybridized carbons (Fsp3) is 0.176. The maximum atomic E-state index is 12.1. The van der Waals surface area contributed by atoms with Gasteiger partial charge in [0, 0.05) is 17.8 Å². The zero-order valence-corrected chi connectivity index (χ0v) is 14.4. The number of ether oxygens (including phenoxy) is 3. The predicted octanol–water partition coefficient (Wildman–Crippen LogP) is 2.73. The fourth-order valence-corrected chi connectivity index (χ4v) is 2.17. The van der Waals surface area contributed by atoms with Crippen molar-refractivity contribution in [2.24, 2.45) is 0 Å². The standard InChI is InChI=1S/C17H17ClN2O5/c1-23-11-5-3-4-10(6-11)20-16(21)9-25-17(22)12-7-13(18)14(19)8-15(12)24-2/h3-8H,9,19H2,1-2H3,(H,20,21). The van der Waals surface area contributed by atoms with Crippen LogP contribution in [0.2, 0.25) is 5.02 Å². The number of anilines is 2. The van der Waals surface area contributed by atoms with Crippen LogP contribution in [0.5, 0.6) is 11.5 Å². The Bertz CT molecular complexity index is 795. The fourth-order valence-electron chi connectivity index (χ4n) is 2.00. The van der Waals surface area contributed by atoms with Gasteiger partial charge in [0.1, 0.15) is 17.1 Å². The summed E-state index contributed by atoms with van der Waals surface area (Å²) >= 11 is 5.91. The molecule has 1 amide bonds. The molecule has 0 unspecified atom stereocenters. The molecular weight excluding hydrogens is 348 g/mol. The van der Waals surface area contributed by atoms with Crippen LogP contribution in [-0.4, -0.2) is 32.7 Å². The number of hydrogen-bond acceptors (Lipinski definition) is 6. The summed E-state index contributed by atoms with van der Waals surface area (Å²) in [6, 6.07) is 9.54. The number of benzene rings is 2. The highest BCUT2D eigenvalue weighted by atomic mass is 35.5. The van der Waals surface area contributed by atoms with Crippen molar-refractivity contribution in [3.63, 3.8) is 0 Å². The third kappa shape index (κ3) is 4.77. The number of halogens is 1. The van der Waals surface area contributed by atoms with Gasteiger partial charge in [0.15, 0.2) is 6.61 Å². The molecule has 7 nitrogen and oxygen atoms in total. The van der Waals surface area contributed by atoms with Gasteiger partial charge in [-0.05, 0) is 18.2 Å². The van der Waals surface area contributed by atoms with Gasteiger partial charge in [-0.25, -0.2) is 4.79 Å². The normalized spacial score (nSPS) is 10.0. The number of esters is 1. The lowest BCUT2D eigenvalue weighted by molar-refractivity contribution is -0.119. The summed E-state index contributed by atoms with van der Waals surface area (Å²) in [6.07, 6.45) is 0. The summed E-state index contributed by atoms with van der Waals surface area (Å²) < 4.78 is 15.1. The van der Waals surface area contributed by atoms with Crippen molar-refractivity contribution in [1.29, 1.82) is 0 Å². The molecule has 0 aliphatic carbocycles. The summed E-state index contributed by atoms with van der Waals surface area (Å²) in [5.41, 5.74) is 6.53. The average molecular weight is 365 g/mol. The highest BCUT2D eigenvalue weighted by Gasteiger charge is 2.17. The van der Waals surface area contributed by atoms with Crippen LogP contribution in [0.1, 0.15) is 10.4 Å². The average Bonchev–Trinajstić information content (AvgIpc) is 2.61. The monoisotopic (exact) mass is 364 g/mol. The van der Waals surface area contributed by atoms with Crippen molar-refractivity contribution in [2.45, 2.75) is 0 Å². The van der Waals surface area contributed by atoms with E-state index < -0.39 is 18.5 Å². The molecule has 0 spiro atoms. The van der Waals surface area contributed by atoms with Crippen LogP contribution in [-0.2, 0) is 9.53 Å². The molecule has 2 aromatic carbocycles. The second-order valence-corrected chi connectivity index (χ2v) is 5.34. The number of methoxy groups -OCH3 is 2. The molecule has 2 rings (SSSR count). The van der Waals surface area contributed by atoms with Crippen LogP contribution in [0.15, 0.2) is 36.4 Å². The maximum Gasteiger partial charge on any atom is 0.342 e. The highest BCUT2D eigenvalue weighted by Crippen LogP contribution is 2.29. The molecule has 132 valence electrons. The van der Waals surface area contributed by atoms with Crippen molar-refractivity contribution in [2.75, 3.05) is 31.9 Å². The number of carbonyl (C=O) groups is 2. The number of nitrogens with two attached hydrogens (primary N) is 1. The Kier molecular flexibility index (Phi) is 6.08. The molecule has 8 heteroatoms. The van der Waals surface area contributed by atoms with E-state index in [0.29, 0.717) is 11.4 Å². The van der Waals surface area contributed by atoms with Crippen molar-refractivity contribution in [3.8, 4) is 11.5 Å². The summed E-state index contributed by atoms with van der Waals surface area (Å²) in [6.45, 7) is -0.471. The molecule has 0 aliphatic heterocycles. The Hall–Kier alpha value is -2.93. The van der Waals surface area contributed by atoms with Crippen LogP contribution < -0.4 is 20.5 Å². The molecule has 25 heavy (non-hydrogen) atoms. The number of hydrogen-bond donors (Lipinski definition) is 2. The molecule has 0 bridgehead atoms. The number of nitrogen functional groups attached to an aromatic ring is 1. The van der Waals surface area contributed by atoms with E-state index in [-0.39, 0.29) is 22.0 Å². The smallest absolute Gasteiger partial charge is 0.342 e. The van der Waals surface area contributed by atoms with Gasteiger partial charge in [0.25, 0.3) is 5.91 Å². The highest BCUT2D eigenvalue weighted by molar-refractivity contribution is 6.33. The van der Waals surface area contributed by atoms with E-state index in [0.717, 1.165) is 0 Å². The Labute approximate surface area is 149 Å². The van der Waals surface area contributed by atoms with Crippen LogP contribution in [0.3, 0.4) is 0 Å². The molecule has 0 radical (unpaired) electrons. The first kappa shape index (κ1) is 18.4. The van der Waals surface area contributed by atoms with Crippen molar-refractivity contribution in [3.05, 3.63) is 47.0 Å². The van der Waals surface area contributed by atoms with Gasteiger partial charge >= 0.3 is 5.97 Å². The first-order valence-electron chi connectivity index (χ1n) is 7.18. The van der Waals surface area contributed by atoms with Gasteiger partial charge in [-0.3, -0.25) is 4.79 Å². The van der Waals surface area contributed by atoms with E-state index in [1.54, 1.807) is 24.3 Å². The first-order chi connectivity index (χ1) is 11.9. The summed E-state index contributed by atoms with van der Waals surface area (Å²) in [5.74, 6) is -0.446. The van der Waals surface area contributed by atoms with Gasteiger partial charge in [0.05, 0.1) is 24.9 Å². The number of amides is 1. The Morgan fingerprint density at radius 3 is 2.60 bits per heavy atom. The second-order valence-electron chi connectivity index (χ2n) is 4.93. The maximum absolute atomic E-state index is 12.1. The van der Waals surface area contributed by atoms with Gasteiger partial charge in [-0.15, -0.1) is 0 Å². The molecule has 0 aromatic heterocycles. The first-order valence-corrected chi connectivity index (χ1v) is 7.56. The summed E-state index contributed by atoms with van der Waals surface area (Å²) in [4.78, 5) is 24.1. The molecule has 0 saturated heterocycles. The SMILES string of the molecule is COc1cccc(NC(=O)COC(=O)c2cc(Cl)c(N)cc2OC)c1. The number of rotatable bonds is 6. The summed E-state index contributed by atoms with van der Waals surface area (Å²) in [7, 11) is 2.91. The summed E-state index contributed by atoms with van der Waals surface area (Å²) in [5, 5.41) is 2.79. The zero-order valence-electron chi connectivity index (χ0n) is 13.7. The van der Waals surface area contributed by atoms with Crippen LogP contribution in [0, 0.1) is 0 Å². The van der Waals surface area contributed by atoms with Crippen molar-refractivity contribution >= 4 is 34.9 Å². The van der Waals surface area contributed by atoms with Gasteiger partial charge in [0.2, 0.25) is 0 Å². The van der Waals surface area contributed by atoms with Crippen molar-refractivity contribution < 1.29 is 23.8 Å². The van der Waals surface area contributed by atoms with Crippen LogP contribution >= 0.6 is 11.6 Å². The lowest BCUT2D eigenvalue weighted by Gasteiger charge is -2.11. The molecule has 0 aliphatic rings. The predicted molar refractivity (Wildman–Crippen MR) is 94.3 cm³/mol. The minimum absolute atomic E-state index is 0.0795. The van der Waals surface area contributed by atoms with E-state index in [4.69, 9.17) is 31.5 Å². The molecular formula is C17H17ClN2O5. The third-order valence-corrected chi connectivity index (χ3v) is 3.55. The molecule has 0 fully saturated rings. The topological polar surface area (TPSA) is 99.9 Å². The van der Waals surface area contributed by atoms with E-state index >= 15 is 0 Å².